The minimum Gasteiger partial charge on any atom is -0.272 e. The van der Waals surface area contributed by atoms with Crippen molar-refractivity contribution in [3.05, 3.63) is 66.2 Å². The Morgan fingerprint density at radius 1 is 0.889 bits per heavy atom. The summed E-state index contributed by atoms with van der Waals surface area (Å²) in [5, 5.41) is 0. The predicted octanol–water partition coefficient (Wildman–Crippen LogP) is 2.48. The number of hydrogen-bond acceptors (Lipinski definition) is 2. The van der Waals surface area contributed by atoms with E-state index in [4.69, 9.17) is 0 Å². The highest BCUT2D eigenvalue weighted by molar-refractivity contribution is 6.27. The molecule has 0 saturated heterocycles. The van der Waals surface area contributed by atoms with Crippen LogP contribution in [0.4, 0.5) is 5.69 Å². The average molecular weight is 236 g/mol. The van der Waals surface area contributed by atoms with Crippen LogP contribution in [0.15, 0.2) is 65.7 Å². The molecular weight excluding hydrogens is 224 g/mol. The monoisotopic (exact) mass is 236 g/mol. The number of carbonyl (C=O) groups excluding carboxylic acids is 1. The molecule has 2 aromatic carbocycles. The molecule has 1 heterocycles. The normalized spacial score (nSPS) is 14.8. The van der Waals surface area contributed by atoms with Gasteiger partial charge in [0.25, 0.3) is 5.91 Å². The number of aliphatic imine (C=N–C) groups is 1. The lowest BCUT2D eigenvalue weighted by Crippen LogP contribution is -2.32. The van der Waals surface area contributed by atoms with Gasteiger partial charge in [-0.15, -0.1) is 0 Å². The summed E-state index contributed by atoms with van der Waals surface area (Å²) >= 11 is 0. The molecular formula is C15H12N2O. The number of benzene rings is 2. The van der Waals surface area contributed by atoms with Crippen LogP contribution in [0.5, 0.6) is 0 Å². The fourth-order valence-electron chi connectivity index (χ4n) is 2.05. The molecule has 3 nitrogen and oxygen atoms in total. The maximum atomic E-state index is 12.0. The molecule has 0 fully saturated rings. The van der Waals surface area contributed by atoms with Gasteiger partial charge in [0, 0.05) is 5.56 Å². The first-order valence-electron chi connectivity index (χ1n) is 5.84. The number of rotatable bonds is 2. The summed E-state index contributed by atoms with van der Waals surface area (Å²) in [6.07, 6.45) is 0. The molecule has 0 aliphatic carbocycles. The summed E-state index contributed by atoms with van der Waals surface area (Å²) in [7, 11) is 0. The zero-order valence-corrected chi connectivity index (χ0v) is 9.78. The van der Waals surface area contributed by atoms with E-state index in [9.17, 15) is 4.79 Å². The van der Waals surface area contributed by atoms with E-state index >= 15 is 0 Å². The van der Waals surface area contributed by atoms with Crippen LogP contribution in [0, 0.1) is 0 Å². The van der Waals surface area contributed by atoms with Crippen molar-refractivity contribution in [2.24, 2.45) is 4.99 Å². The third kappa shape index (κ3) is 1.80. The minimum absolute atomic E-state index is 0.0139. The highest BCUT2D eigenvalue weighted by Crippen LogP contribution is 2.21. The highest BCUT2D eigenvalue weighted by atomic mass is 16.2. The van der Waals surface area contributed by atoms with Crippen LogP contribution in [0.1, 0.15) is 5.56 Å². The first-order valence-corrected chi connectivity index (χ1v) is 5.84. The average Bonchev–Trinajstić information content (AvgIpc) is 2.83. The molecule has 0 N–H and O–H groups in total. The second-order valence-electron chi connectivity index (χ2n) is 4.07. The van der Waals surface area contributed by atoms with Gasteiger partial charge in [0.15, 0.2) is 0 Å². The largest absolute Gasteiger partial charge is 0.272 e. The summed E-state index contributed by atoms with van der Waals surface area (Å²) in [5.74, 6) is 0.742. The summed E-state index contributed by atoms with van der Waals surface area (Å²) in [5.41, 5.74) is 1.83. The number of para-hydroxylation sites is 1. The number of amides is 1. The Kier molecular flexibility index (Phi) is 2.65. The molecule has 88 valence electrons. The van der Waals surface area contributed by atoms with Crippen LogP contribution in [0.3, 0.4) is 0 Å². The van der Waals surface area contributed by atoms with Gasteiger partial charge in [-0.2, -0.15) is 0 Å². The van der Waals surface area contributed by atoms with Crippen molar-refractivity contribution in [1.82, 2.24) is 0 Å². The van der Waals surface area contributed by atoms with Crippen LogP contribution >= 0.6 is 0 Å². The Bertz CT molecular complexity index is 590. The van der Waals surface area contributed by atoms with Crippen molar-refractivity contribution in [3.63, 3.8) is 0 Å². The fourth-order valence-corrected chi connectivity index (χ4v) is 2.05. The lowest BCUT2D eigenvalue weighted by atomic mass is 10.2. The van der Waals surface area contributed by atoms with Gasteiger partial charge in [0.1, 0.15) is 12.4 Å². The highest BCUT2D eigenvalue weighted by Gasteiger charge is 2.27. The molecule has 0 atom stereocenters. The van der Waals surface area contributed by atoms with E-state index in [1.165, 1.54) is 0 Å². The van der Waals surface area contributed by atoms with Crippen molar-refractivity contribution in [1.29, 1.82) is 0 Å². The maximum Gasteiger partial charge on any atom is 0.254 e. The summed E-state index contributed by atoms with van der Waals surface area (Å²) in [6, 6.07) is 19.4. The van der Waals surface area contributed by atoms with Crippen molar-refractivity contribution < 1.29 is 4.79 Å². The van der Waals surface area contributed by atoms with Crippen molar-refractivity contribution in [3.8, 4) is 0 Å². The molecule has 1 aliphatic heterocycles. The summed E-state index contributed by atoms with van der Waals surface area (Å²) in [6.45, 7) is 0.221. The van der Waals surface area contributed by atoms with Crippen molar-refractivity contribution >= 4 is 17.4 Å². The van der Waals surface area contributed by atoms with Crippen LogP contribution in [0.2, 0.25) is 0 Å². The van der Waals surface area contributed by atoms with Crippen molar-refractivity contribution in [2.45, 2.75) is 0 Å². The smallest absolute Gasteiger partial charge is 0.254 e. The molecule has 0 bridgehead atoms. The zero-order chi connectivity index (χ0) is 12.4. The molecule has 3 rings (SSSR count). The first-order chi connectivity index (χ1) is 8.86. The van der Waals surface area contributed by atoms with E-state index in [0.717, 1.165) is 17.1 Å². The van der Waals surface area contributed by atoms with Gasteiger partial charge >= 0.3 is 0 Å². The minimum atomic E-state index is 0.0139. The van der Waals surface area contributed by atoms with Gasteiger partial charge in [0.2, 0.25) is 0 Å². The van der Waals surface area contributed by atoms with Gasteiger partial charge in [-0.3, -0.25) is 14.7 Å². The van der Waals surface area contributed by atoms with Gasteiger partial charge in [-0.25, -0.2) is 0 Å². The van der Waals surface area contributed by atoms with E-state index in [1.807, 2.05) is 60.7 Å². The van der Waals surface area contributed by atoms with Crippen LogP contribution < -0.4 is 4.90 Å². The quantitative estimate of drug-likeness (QED) is 0.788. The number of amidine groups is 1. The van der Waals surface area contributed by atoms with Gasteiger partial charge in [-0.05, 0) is 12.1 Å². The molecule has 0 unspecified atom stereocenters. The Labute approximate surface area is 105 Å². The third-order valence-corrected chi connectivity index (χ3v) is 2.87. The number of carbonyl (C=O) groups is 1. The van der Waals surface area contributed by atoms with E-state index in [1.54, 1.807) is 4.90 Å². The number of nitrogens with zero attached hydrogens (tertiary/aromatic N) is 2. The van der Waals surface area contributed by atoms with Gasteiger partial charge in [-0.1, -0.05) is 48.5 Å². The van der Waals surface area contributed by atoms with E-state index in [2.05, 4.69) is 4.99 Å². The molecule has 0 spiro atoms. The molecule has 1 amide bonds. The first kappa shape index (κ1) is 10.7. The molecule has 0 radical (unpaired) electrons. The second-order valence-corrected chi connectivity index (χ2v) is 4.07. The predicted molar refractivity (Wildman–Crippen MR) is 71.8 cm³/mol. The van der Waals surface area contributed by atoms with E-state index < -0.39 is 0 Å². The fraction of sp³-hybridized carbons (Fsp3) is 0.0667. The van der Waals surface area contributed by atoms with Crippen LogP contribution in [0.25, 0.3) is 0 Å². The van der Waals surface area contributed by atoms with Crippen LogP contribution in [-0.4, -0.2) is 18.3 Å². The Hall–Kier alpha value is -2.42. The molecule has 1 aliphatic rings. The van der Waals surface area contributed by atoms with E-state index in [0.29, 0.717) is 0 Å². The Morgan fingerprint density at radius 2 is 1.50 bits per heavy atom. The maximum absolute atomic E-state index is 12.0. The molecule has 3 heteroatoms. The Morgan fingerprint density at radius 3 is 2.17 bits per heavy atom. The zero-order valence-electron chi connectivity index (χ0n) is 9.78. The number of hydrogen-bond donors (Lipinski definition) is 0. The lowest BCUT2D eigenvalue weighted by Gasteiger charge is -2.18. The molecule has 2 aromatic rings. The molecule has 0 aromatic heterocycles. The second kappa shape index (κ2) is 4.45. The topological polar surface area (TPSA) is 32.7 Å². The third-order valence-electron chi connectivity index (χ3n) is 2.87. The summed E-state index contributed by atoms with van der Waals surface area (Å²) < 4.78 is 0. The van der Waals surface area contributed by atoms with Crippen LogP contribution in [-0.2, 0) is 4.79 Å². The molecule has 18 heavy (non-hydrogen) atoms. The standard InChI is InChI=1S/C15H12N2O/c18-14-11-16-15(12-7-3-1-4-8-12)17(14)13-9-5-2-6-10-13/h1-10H,11H2. The Balaban J connectivity index is 2.03. The lowest BCUT2D eigenvalue weighted by molar-refractivity contribution is -0.115. The van der Waals surface area contributed by atoms with Gasteiger partial charge in [0.05, 0.1) is 5.69 Å². The number of anilines is 1. The molecule has 0 saturated carbocycles. The SMILES string of the molecule is O=C1CN=C(c2ccccc2)N1c1ccccc1. The van der Waals surface area contributed by atoms with Crippen molar-refractivity contribution in [2.75, 3.05) is 11.4 Å². The summed E-state index contributed by atoms with van der Waals surface area (Å²) in [4.78, 5) is 18.0. The van der Waals surface area contributed by atoms with E-state index in [-0.39, 0.29) is 12.5 Å². The van der Waals surface area contributed by atoms with Gasteiger partial charge < -0.3 is 0 Å².